The molecule has 1 aliphatic heterocycles. The third kappa shape index (κ3) is 1.61. The Labute approximate surface area is 71.6 Å². The average Bonchev–Trinajstić information content (AvgIpc) is 1.82. The molecule has 0 unspecified atom stereocenters. The van der Waals surface area contributed by atoms with Gasteiger partial charge in [-0.15, -0.1) is 0 Å². The fourth-order valence-corrected chi connectivity index (χ4v) is 1.88. The van der Waals surface area contributed by atoms with Gasteiger partial charge in [0.2, 0.25) is 0 Å². The van der Waals surface area contributed by atoms with Crippen LogP contribution in [0.2, 0.25) is 0 Å². The highest BCUT2D eigenvalue weighted by molar-refractivity contribution is 6.05. The zero-order valence-corrected chi connectivity index (χ0v) is 7.57. The van der Waals surface area contributed by atoms with E-state index >= 15 is 0 Å². The number of rotatable bonds is 0. The van der Waals surface area contributed by atoms with Crippen molar-refractivity contribution in [2.24, 2.45) is 0 Å². The van der Waals surface area contributed by atoms with Crippen LogP contribution in [-0.2, 0) is 0 Å². The molecule has 0 aromatic rings. The first kappa shape index (κ1) is 9.12. The molecule has 0 spiro atoms. The Morgan fingerprint density at radius 1 is 1.00 bits per heavy atom. The van der Waals surface area contributed by atoms with E-state index in [0.29, 0.717) is 19.1 Å². The van der Waals surface area contributed by atoms with E-state index in [0.717, 1.165) is 0 Å². The first-order valence-electron chi connectivity index (χ1n) is 4.15. The highest BCUT2D eigenvalue weighted by Gasteiger charge is 2.33. The van der Waals surface area contributed by atoms with Crippen LogP contribution in [0.4, 0.5) is 0 Å². The van der Waals surface area contributed by atoms with Crippen LogP contribution >= 0.6 is 0 Å². The lowest BCUT2D eigenvalue weighted by Crippen LogP contribution is -2.57. The molecule has 0 radical (unpaired) electrons. The van der Waals surface area contributed by atoms with Gasteiger partial charge in [0.05, 0.1) is 0 Å². The van der Waals surface area contributed by atoms with Crippen molar-refractivity contribution in [3.8, 4) is 0 Å². The highest BCUT2D eigenvalue weighted by Crippen LogP contribution is 2.35. The predicted octanol–water partition coefficient (Wildman–Crippen LogP) is 1.31. The van der Waals surface area contributed by atoms with Gasteiger partial charge in [-0.05, 0) is 23.9 Å². The molecular formula is C9H21BN-. The third-order valence-electron chi connectivity index (χ3n) is 2.18. The number of piperidine rings is 1. The van der Waals surface area contributed by atoms with E-state index in [9.17, 15) is 0 Å². The molecular weight excluding hydrogens is 133 g/mol. The number of hydrogen-bond acceptors (Lipinski definition) is 1. The van der Waals surface area contributed by atoms with Crippen LogP contribution in [0.3, 0.4) is 0 Å². The van der Waals surface area contributed by atoms with Gasteiger partial charge >= 0.3 is 0 Å². The van der Waals surface area contributed by atoms with Crippen molar-refractivity contribution in [2.45, 2.75) is 58.0 Å². The second-order valence-corrected chi connectivity index (χ2v) is 4.59. The van der Waals surface area contributed by atoms with Crippen LogP contribution < -0.4 is 0 Å². The normalized spacial score (nSPS) is 30.3. The summed E-state index contributed by atoms with van der Waals surface area (Å²) < 4.78 is 0. The van der Waals surface area contributed by atoms with Crippen LogP contribution in [0.1, 0.15) is 47.0 Å². The average molecular weight is 154 g/mol. The second-order valence-electron chi connectivity index (χ2n) is 4.59. The minimum atomic E-state index is 0.362. The largest absolute Gasteiger partial charge is 0.475 e. The summed E-state index contributed by atoms with van der Waals surface area (Å²) >= 11 is 0. The molecule has 2 heteroatoms. The monoisotopic (exact) mass is 154 g/mol. The van der Waals surface area contributed by atoms with Crippen LogP contribution in [-0.4, -0.2) is 23.9 Å². The predicted molar refractivity (Wildman–Crippen MR) is 53.8 cm³/mol. The lowest BCUT2D eigenvalue weighted by molar-refractivity contribution is 0.0577. The second kappa shape index (κ2) is 2.51. The molecule has 0 saturated carbocycles. The Balaban J connectivity index is 2.76. The smallest absolute Gasteiger partial charge is 0.0158 e. The highest BCUT2D eigenvalue weighted by atomic mass is 15.2. The van der Waals surface area contributed by atoms with Crippen molar-refractivity contribution in [2.75, 3.05) is 0 Å². The minimum absolute atomic E-state index is 0.362. The SMILES string of the molecule is [BH3-]N1C(C)(C)CCCC1(C)C. The number of hydrogen-bond donors (Lipinski definition) is 0. The van der Waals surface area contributed by atoms with Crippen LogP contribution in [0, 0.1) is 0 Å². The maximum Gasteiger partial charge on any atom is 0.0158 e. The van der Waals surface area contributed by atoms with Crippen LogP contribution in [0.15, 0.2) is 0 Å². The Morgan fingerprint density at radius 2 is 1.36 bits per heavy atom. The first-order chi connectivity index (χ1) is 4.86. The maximum absolute atomic E-state index is 2.77. The van der Waals surface area contributed by atoms with Gasteiger partial charge in [0.25, 0.3) is 0 Å². The summed E-state index contributed by atoms with van der Waals surface area (Å²) in [4.78, 5) is 2.77. The lowest BCUT2D eigenvalue weighted by atomic mass is 9.77. The lowest BCUT2D eigenvalue weighted by Gasteiger charge is -2.56. The summed E-state index contributed by atoms with van der Waals surface area (Å²) in [5.74, 6) is 0. The van der Waals surface area contributed by atoms with Gasteiger partial charge in [-0.3, -0.25) is 0 Å². The molecule has 0 bridgehead atoms. The van der Waals surface area contributed by atoms with Crippen LogP contribution in [0.5, 0.6) is 0 Å². The molecule has 1 saturated heterocycles. The van der Waals surface area contributed by atoms with E-state index in [4.69, 9.17) is 0 Å². The van der Waals surface area contributed by atoms with Gasteiger partial charge in [0, 0.05) is 7.98 Å². The fourth-order valence-electron chi connectivity index (χ4n) is 1.88. The third-order valence-corrected chi connectivity index (χ3v) is 2.18. The molecule has 1 rings (SSSR count). The van der Waals surface area contributed by atoms with Crippen molar-refractivity contribution >= 4 is 7.98 Å². The minimum Gasteiger partial charge on any atom is -0.475 e. The summed E-state index contributed by atoms with van der Waals surface area (Å²) in [7, 11) is 0.362. The van der Waals surface area contributed by atoms with Crippen LogP contribution in [0.25, 0.3) is 0 Å². The molecule has 11 heavy (non-hydrogen) atoms. The molecule has 0 atom stereocenters. The van der Waals surface area contributed by atoms with Gasteiger partial charge in [0.1, 0.15) is 0 Å². The van der Waals surface area contributed by atoms with Gasteiger partial charge in [-0.2, -0.15) is 0 Å². The zero-order chi connectivity index (χ0) is 8.70. The molecule has 0 amide bonds. The van der Waals surface area contributed by atoms with Gasteiger partial charge < -0.3 is 4.81 Å². The number of nitrogens with zero attached hydrogens (tertiary/aromatic N) is 1. The molecule has 1 fully saturated rings. The topological polar surface area (TPSA) is 3.24 Å². The molecule has 1 nitrogen and oxygen atoms in total. The quantitative estimate of drug-likeness (QED) is 0.475. The maximum atomic E-state index is 2.77. The summed E-state index contributed by atoms with van der Waals surface area (Å²) in [6, 6.07) is 0. The van der Waals surface area contributed by atoms with Crippen molar-refractivity contribution in [3.05, 3.63) is 0 Å². The standard InChI is InChI=1S/C9H21BN/c1-8(2)6-5-7-9(3,4)11(8)10/h5-7H2,1-4,10H3/q-1. The fraction of sp³-hybridized carbons (Fsp3) is 1.00. The van der Waals surface area contributed by atoms with E-state index in [2.05, 4.69) is 32.5 Å². The summed E-state index contributed by atoms with van der Waals surface area (Å²) in [5, 5.41) is 0. The van der Waals surface area contributed by atoms with E-state index in [1.807, 2.05) is 0 Å². The molecule has 66 valence electrons. The molecule has 1 aliphatic rings. The van der Waals surface area contributed by atoms with Crippen molar-refractivity contribution in [1.29, 1.82) is 0 Å². The molecule has 0 aliphatic carbocycles. The van der Waals surface area contributed by atoms with Crippen molar-refractivity contribution in [3.63, 3.8) is 0 Å². The molecule has 0 aromatic heterocycles. The summed E-state index contributed by atoms with van der Waals surface area (Å²) in [6.45, 7) is 9.61. The summed E-state index contributed by atoms with van der Waals surface area (Å²) in [5.41, 5.74) is 1.03. The Kier molecular flexibility index (Phi) is 2.08. The van der Waals surface area contributed by atoms with Gasteiger partial charge in [0.15, 0.2) is 0 Å². The Morgan fingerprint density at radius 3 is 1.64 bits per heavy atom. The van der Waals surface area contributed by atoms with Gasteiger partial charge in [-0.25, -0.2) is 0 Å². The van der Waals surface area contributed by atoms with E-state index in [-0.39, 0.29) is 0 Å². The Hall–Kier alpha value is 0.0249. The molecule has 0 N–H and O–H groups in total. The Bertz CT molecular complexity index is 136. The molecule has 0 aromatic carbocycles. The van der Waals surface area contributed by atoms with Gasteiger partial charge in [-0.1, -0.05) is 34.1 Å². The molecule has 1 heterocycles. The zero-order valence-electron chi connectivity index (χ0n) is 7.57. The summed E-state index contributed by atoms with van der Waals surface area (Å²) in [6.07, 6.45) is 4.22. The van der Waals surface area contributed by atoms with Crippen molar-refractivity contribution < 1.29 is 0 Å². The van der Waals surface area contributed by atoms with E-state index < -0.39 is 0 Å². The van der Waals surface area contributed by atoms with E-state index in [1.165, 1.54) is 19.3 Å². The van der Waals surface area contributed by atoms with E-state index in [1.54, 1.807) is 0 Å². The van der Waals surface area contributed by atoms with Crippen molar-refractivity contribution in [1.82, 2.24) is 4.81 Å². The first-order valence-corrected chi connectivity index (χ1v) is 4.15.